The minimum absolute atomic E-state index is 0.104. The van der Waals surface area contributed by atoms with Gasteiger partial charge in [-0.1, -0.05) is 6.92 Å². The summed E-state index contributed by atoms with van der Waals surface area (Å²) in [4.78, 5) is 12.9. The number of piperidine rings is 1. The van der Waals surface area contributed by atoms with Crippen LogP contribution in [0.4, 0.5) is 13.2 Å². The monoisotopic (exact) mass is 257 g/mol. The van der Waals surface area contributed by atoms with E-state index in [1.807, 2.05) is 0 Å². The Bertz CT molecular complexity index is 257. The van der Waals surface area contributed by atoms with Gasteiger partial charge in [0.2, 0.25) is 5.91 Å². The van der Waals surface area contributed by atoms with Crippen LogP contribution in [0, 0.1) is 5.92 Å². The standard InChI is InChI=1S/C10H15ClF3NO/c1-2-8(11)9(16)15-5-3-4-7(6-15)10(12,13)14/h7-8H,2-6H2,1H3. The van der Waals surface area contributed by atoms with Crippen LogP contribution in [0.2, 0.25) is 0 Å². The van der Waals surface area contributed by atoms with E-state index in [1.165, 1.54) is 4.90 Å². The Balaban J connectivity index is 2.60. The van der Waals surface area contributed by atoms with E-state index in [0.717, 1.165) is 0 Å². The quantitative estimate of drug-likeness (QED) is 0.697. The molecule has 0 saturated carbocycles. The summed E-state index contributed by atoms with van der Waals surface area (Å²) in [6.07, 6.45) is -3.28. The SMILES string of the molecule is CCC(Cl)C(=O)N1CCCC(C(F)(F)F)C1. The van der Waals surface area contributed by atoms with Crippen molar-refractivity contribution in [2.75, 3.05) is 13.1 Å². The van der Waals surface area contributed by atoms with Crippen molar-refractivity contribution in [3.8, 4) is 0 Å². The summed E-state index contributed by atoms with van der Waals surface area (Å²) in [5.74, 6) is -1.77. The number of likely N-dealkylation sites (tertiary alicyclic amines) is 1. The highest BCUT2D eigenvalue weighted by molar-refractivity contribution is 6.30. The average molecular weight is 258 g/mol. The van der Waals surface area contributed by atoms with E-state index in [9.17, 15) is 18.0 Å². The van der Waals surface area contributed by atoms with Crippen molar-refractivity contribution in [3.05, 3.63) is 0 Å². The third-order valence-corrected chi connectivity index (χ3v) is 3.32. The van der Waals surface area contributed by atoms with E-state index >= 15 is 0 Å². The summed E-state index contributed by atoms with van der Waals surface area (Å²) in [5.41, 5.74) is 0. The molecule has 94 valence electrons. The molecule has 0 bridgehead atoms. The van der Waals surface area contributed by atoms with Gasteiger partial charge in [-0.25, -0.2) is 0 Å². The van der Waals surface area contributed by atoms with Crippen molar-refractivity contribution in [2.24, 2.45) is 5.92 Å². The zero-order valence-corrected chi connectivity index (χ0v) is 9.81. The van der Waals surface area contributed by atoms with Gasteiger partial charge in [-0.3, -0.25) is 4.79 Å². The highest BCUT2D eigenvalue weighted by Gasteiger charge is 2.43. The zero-order valence-electron chi connectivity index (χ0n) is 9.06. The molecule has 1 heterocycles. The van der Waals surface area contributed by atoms with E-state index in [0.29, 0.717) is 19.4 Å². The molecule has 1 fully saturated rings. The van der Waals surface area contributed by atoms with Gasteiger partial charge in [0.1, 0.15) is 5.38 Å². The average Bonchev–Trinajstić information content (AvgIpc) is 2.26. The van der Waals surface area contributed by atoms with Gasteiger partial charge in [-0.05, 0) is 19.3 Å². The van der Waals surface area contributed by atoms with Crippen LogP contribution >= 0.6 is 11.6 Å². The molecule has 1 aliphatic rings. The van der Waals surface area contributed by atoms with Crippen molar-refractivity contribution in [1.29, 1.82) is 0 Å². The Labute approximate surface area is 97.7 Å². The largest absolute Gasteiger partial charge is 0.393 e. The fourth-order valence-electron chi connectivity index (χ4n) is 1.82. The van der Waals surface area contributed by atoms with Crippen molar-refractivity contribution >= 4 is 17.5 Å². The molecule has 16 heavy (non-hydrogen) atoms. The number of hydrogen-bond acceptors (Lipinski definition) is 1. The lowest BCUT2D eigenvalue weighted by Crippen LogP contribution is -2.47. The first-order valence-corrected chi connectivity index (χ1v) is 5.79. The predicted octanol–water partition coefficient (Wildman–Crippen LogP) is 2.80. The van der Waals surface area contributed by atoms with Gasteiger partial charge in [0.25, 0.3) is 0 Å². The molecule has 2 nitrogen and oxygen atoms in total. The summed E-state index contributed by atoms with van der Waals surface area (Å²) < 4.78 is 37.5. The van der Waals surface area contributed by atoms with E-state index in [1.54, 1.807) is 6.92 Å². The van der Waals surface area contributed by atoms with Gasteiger partial charge in [0.15, 0.2) is 0 Å². The molecule has 0 spiro atoms. The molecule has 0 aliphatic carbocycles. The highest BCUT2D eigenvalue weighted by atomic mass is 35.5. The molecule has 0 aromatic rings. The summed E-state index contributed by atoms with van der Waals surface area (Å²) in [6.45, 7) is 1.88. The Hall–Kier alpha value is -0.450. The third-order valence-electron chi connectivity index (χ3n) is 2.82. The molecule has 1 saturated heterocycles. The topological polar surface area (TPSA) is 20.3 Å². The van der Waals surface area contributed by atoms with Gasteiger partial charge < -0.3 is 4.90 Å². The van der Waals surface area contributed by atoms with Gasteiger partial charge in [0, 0.05) is 13.1 Å². The Kier molecular flexibility index (Phi) is 4.47. The van der Waals surface area contributed by atoms with Crippen LogP contribution < -0.4 is 0 Å². The van der Waals surface area contributed by atoms with Crippen LogP contribution in [0.3, 0.4) is 0 Å². The normalized spacial score (nSPS) is 24.3. The van der Waals surface area contributed by atoms with Crippen molar-refractivity contribution in [2.45, 2.75) is 37.7 Å². The van der Waals surface area contributed by atoms with Crippen molar-refractivity contribution < 1.29 is 18.0 Å². The molecule has 1 aliphatic heterocycles. The molecule has 6 heteroatoms. The molecule has 2 unspecified atom stereocenters. The van der Waals surface area contributed by atoms with Crippen LogP contribution in [-0.2, 0) is 4.79 Å². The van der Waals surface area contributed by atoms with Crippen LogP contribution in [-0.4, -0.2) is 35.4 Å². The molecular weight excluding hydrogens is 243 g/mol. The lowest BCUT2D eigenvalue weighted by Gasteiger charge is -2.34. The van der Waals surface area contributed by atoms with Crippen LogP contribution in [0.5, 0.6) is 0 Å². The fourth-order valence-corrected chi connectivity index (χ4v) is 1.96. The minimum Gasteiger partial charge on any atom is -0.341 e. The molecule has 2 atom stereocenters. The maximum absolute atomic E-state index is 12.5. The van der Waals surface area contributed by atoms with Crippen molar-refractivity contribution in [3.63, 3.8) is 0 Å². The molecule has 1 amide bonds. The van der Waals surface area contributed by atoms with E-state index in [2.05, 4.69) is 0 Å². The number of rotatable bonds is 2. The van der Waals surface area contributed by atoms with Gasteiger partial charge >= 0.3 is 6.18 Å². The second kappa shape index (κ2) is 5.25. The summed E-state index contributed by atoms with van der Waals surface area (Å²) in [6, 6.07) is 0. The maximum atomic E-state index is 12.5. The number of amides is 1. The Morgan fingerprint density at radius 1 is 1.56 bits per heavy atom. The number of nitrogens with zero attached hydrogens (tertiary/aromatic N) is 1. The molecule has 0 radical (unpaired) electrons. The second-order valence-electron chi connectivity index (χ2n) is 4.04. The van der Waals surface area contributed by atoms with Gasteiger partial charge in [-0.15, -0.1) is 11.6 Å². The molecule has 0 aromatic carbocycles. The molecular formula is C10H15ClF3NO. The van der Waals surface area contributed by atoms with Gasteiger partial charge in [0.05, 0.1) is 5.92 Å². The molecule has 0 aromatic heterocycles. The number of carbonyl (C=O) groups excluding carboxylic acids is 1. The lowest BCUT2D eigenvalue weighted by molar-refractivity contribution is -0.188. The minimum atomic E-state index is -4.22. The zero-order chi connectivity index (χ0) is 12.3. The fraction of sp³-hybridized carbons (Fsp3) is 0.900. The highest BCUT2D eigenvalue weighted by Crippen LogP contribution is 2.33. The molecule has 1 rings (SSSR count). The van der Waals surface area contributed by atoms with Crippen molar-refractivity contribution in [1.82, 2.24) is 4.90 Å². The van der Waals surface area contributed by atoms with E-state index in [4.69, 9.17) is 11.6 Å². The first-order valence-electron chi connectivity index (χ1n) is 5.35. The molecule has 0 N–H and O–H groups in total. The summed E-state index contributed by atoms with van der Waals surface area (Å²) >= 11 is 5.74. The van der Waals surface area contributed by atoms with E-state index < -0.39 is 17.5 Å². The first kappa shape index (κ1) is 13.6. The van der Waals surface area contributed by atoms with Crippen LogP contribution in [0.15, 0.2) is 0 Å². The Morgan fingerprint density at radius 3 is 2.69 bits per heavy atom. The number of hydrogen-bond donors (Lipinski definition) is 0. The second-order valence-corrected chi connectivity index (χ2v) is 4.57. The maximum Gasteiger partial charge on any atom is 0.393 e. The lowest BCUT2D eigenvalue weighted by atomic mass is 9.97. The third kappa shape index (κ3) is 3.27. The van der Waals surface area contributed by atoms with Crippen LogP contribution in [0.25, 0.3) is 0 Å². The summed E-state index contributed by atoms with van der Waals surface area (Å²) in [5, 5.41) is -0.702. The van der Waals surface area contributed by atoms with Gasteiger partial charge in [-0.2, -0.15) is 13.2 Å². The number of carbonyl (C=O) groups is 1. The van der Waals surface area contributed by atoms with E-state index in [-0.39, 0.29) is 18.9 Å². The number of alkyl halides is 4. The Morgan fingerprint density at radius 2 is 2.19 bits per heavy atom. The number of halogens is 4. The smallest absolute Gasteiger partial charge is 0.341 e. The first-order chi connectivity index (χ1) is 7.36. The predicted molar refractivity (Wildman–Crippen MR) is 55.3 cm³/mol. The summed E-state index contributed by atoms with van der Waals surface area (Å²) in [7, 11) is 0. The van der Waals surface area contributed by atoms with Crippen LogP contribution in [0.1, 0.15) is 26.2 Å².